The number of carbonyl (C=O) groups excluding carboxylic acids is 2. The van der Waals surface area contributed by atoms with Gasteiger partial charge in [-0.2, -0.15) is 0 Å². The lowest BCUT2D eigenvalue weighted by molar-refractivity contribution is -0.216. The molecule has 2 heterocycles. The van der Waals surface area contributed by atoms with Gasteiger partial charge in [0.2, 0.25) is 11.6 Å². The van der Waals surface area contributed by atoms with E-state index in [0.29, 0.717) is 6.04 Å². The van der Waals surface area contributed by atoms with E-state index in [9.17, 15) is 9.59 Å². The minimum absolute atomic E-state index is 0.104. The predicted molar refractivity (Wildman–Crippen MR) is 47.0 cm³/mol. The monoisotopic (exact) mass is 193 g/mol. The molecule has 1 saturated heterocycles. The molecule has 3 aliphatic rings. The van der Waals surface area contributed by atoms with Crippen LogP contribution in [-0.2, 0) is 14.3 Å². The number of β-lactam (4-membered cyclic amide) rings is 1. The highest BCUT2D eigenvalue weighted by Gasteiger charge is 2.64. The lowest BCUT2D eigenvalue weighted by Gasteiger charge is -2.52. The van der Waals surface area contributed by atoms with E-state index in [0.717, 1.165) is 12.8 Å². The summed E-state index contributed by atoms with van der Waals surface area (Å²) < 4.78 is 5.24. The Morgan fingerprint density at radius 1 is 1.50 bits per heavy atom. The predicted octanol–water partition coefficient (Wildman–Crippen LogP) is 0.436. The Bertz CT molecular complexity index is 358. The fourth-order valence-corrected chi connectivity index (χ4v) is 2.28. The van der Waals surface area contributed by atoms with Crippen molar-refractivity contribution in [3.8, 4) is 0 Å². The van der Waals surface area contributed by atoms with E-state index in [1.807, 2.05) is 6.92 Å². The van der Waals surface area contributed by atoms with Crippen molar-refractivity contribution in [1.82, 2.24) is 4.90 Å². The van der Waals surface area contributed by atoms with Gasteiger partial charge in [0.15, 0.2) is 0 Å². The van der Waals surface area contributed by atoms with Crippen molar-refractivity contribution in [2.75, 3.05) is 0 Å². The number of hydrogen-bond donors (Lipinski definition) is 0. The smallest absolute Gasteiger partial charge is 0.333 e. The fourth-order valence-electron chi connectivity index (χ4n) is 2.28. The summed E-state index contributed by atoms with van der Waals surface area (Å²) in [6, 6.07) is 0.300. The molecular formula is C10H11NO3. The molecule has 0 radical (unpaired) electrons. The normalized spacial score (nSPS) is 40.4. The van der Waals surface area contributed by atoms with Crippen molar-refractivity contribution in [1.29, 1.82) is 0 Å². The van der Waals surface area contributed by atoms with Gasteiger partial charge in [-0.1, -0.05) is 0 Å². The van der Waals surface area contributed by atoms with Crippen molar-refractivity contribution in [2.24, 2.45) is 5.92 Å². The van der Waals surface area contributed by atoms with E-state index in [2.05, 4.69) is 0 Å². The largest absolute Gasteiger partial charge is 0.431 e. The maximum absolute atomic E-state index is 11.6. The van der Waals surface area contributed by atoms with Gasteiger partial charge >= 0.3 is 5.97 Å². The SMILES string of the molecule is C[C@@H]1C(=O)N(C2CC2)[C@]12C=CC(=O)O2. The minimum atomic E-state index is -0.727. The van der Waals surface area contributed by atoms with Crippen LogP contribution < -0.4 is 0 Å². The second kappa shape index (κ2) is 2.19. The quantitative estimate of drug-likeness (QED) is 0.448. The Morgan fingerprint density at radius 2 is 2.21 bits per heavy atom. The van der Waals surface area contributed by atoms with Gasteiger partial charge in [0.05, 0.1) is 5.92 Å². The molecule has 0 aromatic carbocycles. The molecule has 0 bridgehead atoms. The first-order chi connectivity index (χ1) is 6.65. The van der Waals surface area contributed by atoms with Gasteiger partial charge in [-0.15, -0.1) is 0 Å². The zero-order valence-corrected chi connectivity index (χ0v) is 7.90. The molecule has 4 heteroatoms. The van der Waals surface area contributed by atoms with E-state index in [4.69, 9.17) is 4.74 Å². The summed E-state index contributed by atoms with van der Waals surface area (Å²) in [4.78, 5) is 24.4. The molecular weight excluding hydrogens is 182 g/mol. The number of hydrogen-bond acceptors (Lipinski definition) is 3. The molecule has 74 valence electrons. The van der Waals surface area contributed by atoms with Crippen molar-refractivity contribution in [2.45, 2.75) is 31.5 Å². The van der Waals surface area contributed by atoms with Gasteiger partial charge in [-0.05, 0) is 25.8 Å². The van der Waals surface area contributed by atoms with Crippen molar-refractivity contribution < 1.29 is 14.3 Å². The lowest BCUT2D eigenvalue weighted by atomic mass is 9.84. The molecule has 0 N–H and O–H groups in total. The third-order valence-corrected chi connectivity index (χ3v) is 3.24. The molecule has 1 amide bonds. The van der Waals surface area contributed by atoms with Crippen molar-refractivity contribution in [3.63, 3.8) is 0 Å². The molecule has 0 aromatic heterocycles. The first-order valence-electron chi connectivity index (χ1n) is 4.90. The minimum Gasteiger partial charge on any atom is -0.431 e. The topological polar surface area (TPSA) is 46.6 Å². The average Bonchev–Trinajstić information content (AvgIpc) is 2.90. The Hall–Kier alpha value is -1.32. The zero-order valence-electron chi connectivity index (χ0n) is 7.90. The summed E-state index contributed by atoms with van der Waals surface area (Å²) in [6.45, 7) is 1.81. The van der Waals surface area contributed by atoms with Gasteiger partial charge in [-0.25, -0.2) is 4.79 Å². The molecule has 3 rings (SSSR count). The summed E-state index contributed by atoms with van der Waals surface area (Å²) in [7, 11) is 0. The average molecular weight is 193 g/mol. The first-order valence-corrected chi connectivity index (χ1v) is 4.90. The van der Waals surface area contributed by atoms with E-state index in [-0.39, 0.29) is 17.8 Å². The highest BCUT2D eigenvalue weighted by Crippen LogP contribution is 2.48. The molecule has 1 spiro atoms. The highest BCUT2D eigenvalue weighted by molar-refractivity contribution is 5.94. The molecule has 4 nitrogen and oxygen atoms in total. The molecule has 1 aliphatic carbocycles. The van der Waals surface area contributed by atoms with Crippen LogP contribution >= 0.6 is 0 Å². The van der Waals surface area contributed by atoms with Crippen molar-refractivity contribution >= 4 is 11.9 Å². The third-order valence-electron chi connectivity index (χ3n) is 3.24. The Kier molecular flexibility index (Phi) is 1.25. The van der Waals surface area contributed by atoms with E-state index in [1.165, 1.54) is 6.08 Å². The molecule has 2 atom stereocenters. The number of rotatable bonds is 1. The number of amides is 1. The van der Waals surface area contributed by atoms with Crippen LogP contribution in [0.3, 0.4) is 0 Å². The summed E-state index contributed by atoms with van der Waals surface area (Å²) in [5.41, 5.74) is -0.727. The van der Waals surface area contributed by atoms with E-state index in [1.54, 1.807) is 11.0 Å². The molecule has 0 unspecified atom stereocenters. The summed E-state index contributed by atoms with van der Waals surface area (Å²) >= 11 is 0. The second-order valence-electron chi connectivity index (χ2n) is 4.17. The number of esters is 1. The van der Waals surface area contributed by atoms with Gasteiger partial charge < -0.3 is 4.74 Å². The Morgan fingerprint density at radius 3 is 2.71 bits per heavy atom. The van der Waals surface area contributed by atoms with Gasteiger partial charge in [0, 0.05) is 12.1 Å². The first kappa shape index (κ1) is 8.03. The third kappa shape index (κ3) is 0.744. The van der Waals surface area contributed by atoms with Crippen LogP contribution in [0.4, 0.5) is 0 Å². The summed E-state index contributed by atoms with van der Waals surface area (Å²) in [5, 5.41) is 0. The van der Waals surface area contributed by atoms with E-state index < -0.39 is 5.72 Å². The number of ether oxygens (including phenoxy) is 1. The number of nitrogens with zero attached hydrogens (tertiary/aromatic N) is 1. The summed E-state index contributed by atoms with van der Waals surface area (Å²) in [5.74, 6) is -0.451. The maximum Gasteiger partial charge on any atom is 0.333 e. The lowest BCUT2D eigenvalue weighted by Crippen LogP contribution is -2.70. The standard InChI is InChI=1S/C10H11NO3/c1-6-9(13)11(7-2-3-7)10(6)5-4-8(12)14-10/h4-7H,2-3H2,1H3/t6-,10+/m1/s1. The van der Waals surface area contributed by atoms with Crippen LogP contribution in [0.2, 0.25) is 0 Å². The molecule has 0 aromatic rings. The second-order valence-corrected chi connectivity index (χ2v) is 4.17. The Labute approximate surface area is 81.5 Å². The fraction of sp³-hybridized carbons (Fsp3) is 0.600. The molecule has 14 heavy (non-hydrogen) atoms. The Balaban J connectivity index is 1.94. The zero-order chi connectivity index (χ0) is 9.92. The van der Waals surface area contributed by atoms with Crippen LogP contribution in [0, 0.1) is 5.92 Å². The van der Waals surface area contributed by atoms with Crippen LogP contribution in [0.5, 0.6) is 0 Å². The number of likely N-dealkylation sites (tertiary alicyclic amines) is 1. The molecule has 2 aliphatic heterocycles. The van der Waals surface area contributed by atoms with Crippen LogP contribution in [-0.4, -0.2) is 28.5 Å². The van der Waals surface area contributed by atoms with Crippen LogP contribution in [0.25, 0.3) is 0 Å². The van der Waals surface area contributed by atoms with Gasteiger partial charge in [0.1, 0.15) is 0 Å². The molecule has 1 saturated carbocycles. The van der Waals surface area contributed by atoms with Crippen LogP contribution in [0.1, 0.15) is 19.8 Å². The van der Waals surface area contributed by atoms with Gasteiger partial charge in [-0.3, -0.25) is 9.69 Å². The van der Waals surface area contributed by atoms with Gasteiger partial charge in [0.25, 0.3) is 0 Å². The summed E-state index contributed by atoms with van der Waals surface area (Å²) in [6.07, 6.45) is 5.20. The maximum atomic E-state index is 11.6. The number of carbonyl (C=O) groups is 2. The highest BCUT2D eigenvalue weighted by atomic mass is 16.6. The molecule has 2 fully saturated rings. The van der Waals surface area contributed by atoms with Crippen molar-refractivity contribution in [3.05, 3.63) is 12.2 Å². The van der Waals surface area contributed by atoms with E-state index >= 15 is 0 Å². The van der Waals surface area contributed by atoms with Crippen LogP contribution in [0.15, 0.2) is 12.2 Å².